The molecular formula is C15H19N5OS. The Morgan fingerprint density at radius 2 is 1.86 bits per heavy atom. The maximum atomic E-state index is 10.8. The normalized spacial score (nSPS) is 18.5. The van der Waals surface area contributed by atoms with Crippen LogP contribution in [0.1, 0.15) is 23.3 Å². The molecule has 1 aliphatic carbocycles. The van der Waals surface area contributed by atoms with Crippen LogP contribution in [0.3, 0.4) is 0 Å². The van der Waals surface area contributed by atoms with Crippen molar-refractivity contribution < 1.29 is 4.79 Å². The van der Waals surface area contributed by atoms with E-state index in [-0.39, 0.29) is 0 Å². The molecule has 22 heavy (non-hydrogen) atoms. The summed E-state index contributed by atoms with van der Waals surface area (Å²) in [4.78, 5) is 26.5. The van der Waals surface area contributed by atoms with Gasteiger partial charge < -0.3 is 15.5 Å². The number of nitrogen functional groups attached to an aromatic ring is 1. The van der Waals surface area contributed by atoms with Crippen molar-refractivity contribution in [1.82, 2.24) is 14.9 Å². The lowest BCUT2D eigenvalue weighted by Crippen LogP contribution is -2.46. The van der Waals surface area contributed by atoms with Crippen molar-refractivity contribution in [1.29, 1.82) is 0 Å². The predicted octanol–water partition coefficient (Wildman–Crippen LogP) is 1.43. The Kier molecular flexibility index (Phi) is 3.37. The maximum Gasteiger partial charge on any atom is 0.228 e. The highest BCUT2D eigenvalue weighted by Gasteiger charge is 2.23. The van der Waals surface area contributed by atoms with Gasteiger partial charge in [0.25, 0.3) is 0 Å². The van der Waals surface area contributed by atoms with Crippen LogP contribution in [-0.4, -0.2) is 47.5 Å². The van der Waals surface area contributed by atoms with Crippen LogP contribution in [0.25, 0.3) is 10.2 Å². The third kappa shape index (κ3) is 2.20. The van der Waals surface area contributed by atoms with Gasteiger partial charge in [-0.25, -0.2) is 4.98 Å². The SMILES string of the molecule is Nc1nc(N2CCN(C=O)CC2)nc2sc3c(c12)CCCC3. The zero-order valence-corrected chi connectivity index (χ0v) is 13.2. The molecule has 6 nitrogen and oxygen atoms in total. The van der Waals surface area contributed by atoms with Gasteiger partial charge in [-0.15, -0.1) is 11.3 Å². The molecule has 1 saturated heterocycles. The summed E-state index contributed by atoms with van der Waals surface area (Å²) in [6.45, 7) is 2.95. The van der Waals surface area contributed by atoms with E-state index < -0.39 is 0 Å². The van der Waals surface area contributed by atoms with Gasteiger partial charge in [0.05, 0.1) is 5.39 Å². The van der Waals surface area contributed by atoms with Crippen LogP contribution in [0, 0.1) is 0 Å². The Morgan fingerprint density at radius 3 is 2.64 bits per heavy atom. The third-order valence-electron chi connectivity index (χ3n) is 4.58. The first-order valence-electron chi connectivity index (χ1n) is 7.78. The molecule has 4 rings (SSSR count). The molecule has 1 amide bonds. The molecule has 1 fully saturated rings. The molecule has 2 aromatic rings. The number of piperazine rings is 1. The number of carbonyl (C=O) groups is 1. The summed E-state index contributed by atoms with van der Waals surface area (Å²) in [5.74, 6) is 1.31. The number of nitrogens with zero attached hydrogens (tertiary/aromatic N) is 4. The maximum absolute atomic E-state index is 10.8. The minimum atomic E-state index is 0.609. The van der Waals surface area contributed by atoms with Crippen LogP contribution in [-0.2, 0) is 17.6 Å². The van der Waals surface area contributed by atoms with Crippen LogP contribution in [0.15, 0.2) is 0 Å². The number of thiophene rings is 1. The standard InChI is InChI=1S/C15H19N5OS/c16-13-12-10-3-1-2-4-11(10)22-14(12)18-15(17-13)20-7-5-19(9-21)6-8-20/h9H,1-8H2,(H2,16,17,18). The second kappa shape index (κ2) is 5.39. The number of amides is 1. The summed E-state index contributed by atoms with van der Waals surface area (Å²) < 4.78 is 0. The molecule has 3 heterocycles. The van der Waals surface area contributed by atoms with Crippen LogP contribution in [0.2, 0.25) is 0 Å². The lowest BCUT2D eigenvalue weighted by Gasteiger charge is -2.32. The van der Waals surface area contributed by atoms with E-state index >= 15 is 0 Å². The molecule has 0 aromatic carbocycles. The number of hydrogen-bond acceptors (Lipinski definition) is 6. The van der Waals surface area contributed by atoms with Crippen LogP contribution < -0.4 is 10.6 Å². The molecule has 0 radical (unpaired) electrons. The average Bonchev–Trinajstić information content (AvgIpc) is 2.93. The predicted molar refractivity (Wildman–Crippen MR) is 88.3 cm³/mol. The number of rotatable bonds is 2. The van der Waals surface area contributed by atoms with E-state index in [0.717, 1.165) is 42.6 Å². The molecule has 0 saturated carbocycles. The first-order chi connectivity index (χ1) is 10.8. The minimum Gasteiger partial charge on any atom is -0.383 e. The number of hydrogen-bond donors (Lipinski definition) is 1. The third-order valence-corrected chi connectivity index (χ3v) is 5.76. The Bertz CT molecular complexity index is 720. The van der Waals surface area contributed by atoms with Gasteiger partial charge in [-0.1, -0.05) is 0 Å². The van der Waals surface area contributed by atoms with Crippen molar-refractivity contribution >= 4 is 39.7 Å². The molecule has 2 N–H and O–H groups in total. The molecule has 0 unspecified atom stereocenters. The number of nitrogens with two attached hydrogens (primary N) is 1. The quantitative estimate of drug-likeness (QED) is 0.848. The Labute approximate surface area is 132 Å². The van der Waals surface area contributed by atoms with Gasteiger partial charge in [0, 0.05) is 31.1 Å². The van der Waals surface area contributed by atoms with E-state index in [9.17, 15) is 4.79 Å². The van der Waals surface area contributed by atoms with Gasteiger partial charge in [0.15, 0.2) is 0 Å². The Balaban J connectivity index is 1.70. The van der Waals surface area contributed by atoms with Gasteiger partial charge in [-0.3, -0.25) is 4.79 Å². The summed E-state index contributed by atoms with van der Waals surface area (Å²) in [7, 11) is 0. The average molecular weight is 317 g/mol. The highest BCUT2D eigenvalue weighted by Crippen LogP contribution is 2.38. The summed E-state index contributed by atoms with van der Waals surface area (Å²) in [6.07, 6.45) is 5.63. The molecule has 2 aliphatic rings. The molecule has 0 spiro atoms. The fourth-order valence-corrected chi connectivity index (χ4v) is 4.61. The van der Waals surface area contributed by atoms with Crippen LogP contribution in [0.5, 0.6) is 0 Å². The molecular weight excluding hydrogens is 298 g/mol. The molecule has 0 bridgehead atoms. The van der Waals surface area contributed by atoms with E-state index in [1.54, 1.807) is 16.2 Å². The number of anilines is 2. The van der Waals surface area contributed by atoms with E-state index in [1.165, 1.54) is 23.3 Å². The molecule has 1 aliphatic heterocycles. The zero-order chi connectivity index (χ0) is 15.1. The summed E-state index contributed by atoms with van der Waals surface area (Å²) >= 11 is 1.77. The summed E-state index contributed by atoms with van der Waals surface area (Å²) in [5.41, 5.74) is 7.62. The first kappa shape index (κ1) is 13.8. The minimum absolute atomic E-state index is 0.609. The van der Waals surface area contributed by atoms with Crippen molar-refractivity contribution in [3.8, 4) is 0 Å². The van der Waals surface area contributed by atoms with Gasteiger partial charge in [-0.2, -0.15) is 4.98 Å². The smallest absolute Gasteiger partial charge is 0.228 e. The second-order valence-electron chi connectivity index (χ2n) is 5.93. The summed E-state index contributed by atoms with van der Waals surface area (Å²) in [5, 5.41) is 1.08. The molecule has 0 atom stereocenters. The van der Waals surface area contributed by atoms with E-state index in [1.807, 2.05) is 0 Å². The van der Waals surface area contributed by atoms with Crippen molar-refractivity contribution in [3.05, 3.63) is 10.4 Å². The molecule has 116 valence electrons. The van der Waals surface area contributed by atoms with Gasteiger partial charge in [-0.05, 0) is 31.2 Å². The molecule has 2 aromatic heterocycles. The van der Waals surface area contributed by atoms with Crippen LogP contribution in [0.4, 0.5) is 11.8 Å². The van der Waals surface area contributed by atoms with Gasteiger partial charge >= 0.3 is 0 Å². The van der Waals surface area contributed by atoms with Gasteiger partial charge in [0.2, 0.25) is 12.4 Å². The van der Waals surface area contributed by atoms with E-state index in [0.29, 0.717) is 24.9 Å². The van der Waals surface area contributed by atoms with E-state index in [4.69, 9.17) is 10.7 Å². The fourth-order valence-electron chi connectivity index (χ4n) is 3.34. The van der Waals surface area contributed by atoms with Crippen molar-refractivity contribution in [2.24, 2.45) is 0 Å². The van der Waals surface area contributed by atoms with Crippen LogP contribution >= 0.6 is 11.3 Å². The Hall–Kier alpha value is -1.89. The second-order valence-corrected chi connectivity index (χ2v) is 7.01. The fraction of sp³-hybridized carbons (Fsp3) is 0.533. The summed E-state index contributed by atoms with van der Waals surface area (Å²) in [6, 6.07) is 0. The van der Waals surface area contributed by atoms with Crippen molar-refractivity contribution in [2.45, 2.75) is 25.7 Å². The number of fused-ring (bicyclic) bond motifs is 3. The monoisotopic (exact) mass is 317 g/mol. The lowest BCUT2D eigenvalue weighted by atomic mass is 9.97. The zero-order valence-electron chi connectivity index (χ0n) is 12.4. The highest BCUT2D eigenvalue weighted by atomic mass is 32.1. The molecule has 7 heteroatoms. The number of carbonyl (C=O) groups excluding carboxylic acids is 1. The van der Waals surface area contributed by atoms with Crippen molar-refractivity contribution in [3.63, 3.8) is 0 Å². The number of aryl methyl sites for hydroxylation is 2. The van der Waals surface area contributed by atoms with E-state index in [2.05, 4.69) is 9.88 Å². The largest absolute Gasteiger partial charge is 0.383 e. The Morgan fingerprint density at radius 1 is 1.09 bits per heavy atom. The van der Waals surface area contributed by atoms with Crippen molar-refractivity contribution in [2.75, 3.05) is 36.8 Å². The topological polar surface area (TPSA) is 75.3 Å². The first-order valence-corrected chi connectivity index (χ1v) is 8.60. The highest BCUT2D eigenvalue weighted by molar-refractivity contribution is 7.19. The number of aromatic nitrogens is 2. The van der Waals surface area contributed by atoms with Gasteiger partial charge in [0.1, 0.15) is 10.6 Å². The lowest BCUT2D eigenvalue weighted by molar-refractivity contribution is -0.118.